The number of carbonyl (C=O) groups excluding carboxylic acids is 2. The fraction of sp³-hybridized carbons (Fsp3) is 0.895. The lowest BCUT2D eigenvalue weighted by molar-refractivity contribution is -0.124. The van der Waals surface area contributed by atoms with Gasteiger partial charge in [0.1, 0.15) is 6.29 Å². The van der Waals surface area contributed by atoms with Crippen LogP contribution in [-0.4, -0.2) is 18.2 Å². The van der Waals surface area contributed by atoms with Crippen molar-refractivity contribution < 1.29 is 9.59 Å². The van der Waals surface area contributed by atoms with Crippen LogP contribution in [0.1, 0.15) is 71.6 Å². The molecule has 5 unspecified atom stereocenters. The van der Waals surface area contributed by atoms with Gasteiger partial charge < -0.3 is 10.1 Å². The van der Waals surface area contributed by atoms with Crippen molar-refractivity contribution in [3.05, 3.63) is 0 Å². The first kappa shape index (κ1) is 16.0. The lowest BCUT2D eigenvalue weighted by Crippen LogP contribution is -2.44. The number of fused-ring (bicyclic) bond motifs is 1. The van der Waals surface area contributed by atoms with Crippen molar-refractivity contribution in [1.82, 2.24) is 5.32 Å². The van der Waals surface area contributed by atoms with E-state index in [2.05, 4.69) is 19.2 Å². The van der Waals surface area contributed by atoms with E-state index in [4.69, 9.17) is 0 Å². The molecule has 0 bridgehead atoms. The second-order valence-corrected chi connectivity index (χ2v) is 8.35. The highest BCUT2D eigenvalue weighted by Gasteiger charge is 2.50. The highest BCUT2D eigenvalue weighted by molar-refractivity contribution is 5.77. The van der Waals surface area contributed by atoms with Gasteiger partial charge in [-0.15, -0.1) is 0 Å². The maximum Gasteiger partial charge on any atom is 0.220 e. The van der Waals surface area contributed by atoms with Crippen LogP contribution in [0.4, 0.5) is 0 Å². The van der Waals surface area contributed by atoms with Gasteiger partial charge in [-0.3, -0.25) is 4.79 Å². The maximum absolute atomic E-state index is 11.6. The van der Waals surface area contributed by atoms with Gasteiger partial charge in [0, 0.05) is 18.4 Å². The standard InChI is InChI=1S/C19H31NO2/c1-13-5-10-18(22)20-17(13)9-6-14-4-3-11-19(2)15(12-21)7-8-16(14)19/h12-17H,3-11H2,1-2H3,(H,20,22)/t13?,14?,15?,16?,17-,19?/m1/s1. The normalized spacial score (nSPS) is 45.2. The second-order valence-electron chi connectivity index (χ2n) is 8.35. The Hall–Kier alpha value is -0.860. The summed E-state index contributed by atoms with van der Waals surface area (Å²) in [6.07, 6.45) is 11.5. The van der Waals surface area contributed by atoms with Crippen molar-refractivity contribution in [2.24, 2.45) is 29.1 Å². The molecule has 3 heteroatoms. The summed E-state index contributed by atoms with van der Waals surface area (Å²) in [4.78, 5) is 23.0. The summed E-state index contributed by atoms with van der Waals surface area (Å²) >= 11 is 0. The Kier molecular flexibility index (Phi) is 4.61. The Bertz CT molecular complexity index is 435. The first-order chi connectivity index (χ1) is 10.5. The highest BCUT2D eigenvalue weighted by atomic mass is 16.1. The summed E-state index contributed by atoms with van der Waals surface area (Å²) in [5.41, 5.74) is 0.256. The van der Waals surface area contributed by atoms with Gasteiger partial charge in [-0.1, -0.05) is 26.7 Å². The minimum atomic E-state index is 0.235. The number of hydrogen-bond donors (Lipinski definition) is 1. The molecule has 1 saturated heterocycles. The van der Waals surface area contributed by atoms with Gasteiger partial charge >= 0.3 is 0 Å². The summed E-state index contributed by atoms with van der Waals surface area (Å²) < 4.78 is 0. The number of amides is 1. The number of aldehydes is 1. The molecular formula is C19H31NO2. The molecule has 0 aromatic carbocycles. The Morgan fingerprint density at radius 3 is 2.82 bits per heavy atom. The zero-order valence-corrected chi connectivity index (χ0v) is 14.1. The van der Waals surface area contributed by atoms with Gasteiger partial charge in [0.25, 0.3) is 0 Å². The van der Waals surface area contributed by atoms with Crippen molar-refractivity contribution in [3.8, 4) is 0 Å². The zero-order valence-electron chi connectivity index (χ0n) is 14.1. The lowest BCUT2D eigenvalue weighted by atomic mass is 9.60. The third-order valence-electron chi connectivity index (χ3n) is 7.21. The largest absolute Gasteiger partial charge is 0.353 e. The molecule has 1 heterocycles. The molecule has 0 radical (unpaired) electrons. The van der Waals surface area contributed by atoms with Crippen molar-refractivity contribution in [3.63, 3.8) is 0 Å². The number of piperidine rings is 1. The van der Waals surface area contributed by atoms with E-state index in [0.717, 1.165) is 31.1 Å². The predicted octanol–water partition coefficient (Wildman–Crippen LogP) is 3.71. The second kappa shape index (κ2) is 6.33. The quantitative estimate of drug-likeness (QED) is 0.805. The Balaban J connectivity index is 1.60. The molecule has 0 aromatic heterocycles. The van der Waals surface area contributed by atoms with E-state index in [-0.39, 0.29) is 17.2 Å². The molecule has 1 aliphatic heterocycles. The number of nitrogens with one attached hydrogen (secondary N) is 1. The van der Waals surface area contributed by atoms with Crippen molar-refractivity contribution in [1.29, 1.82) is 0 Å². The number of rotatable bonds is 4. The van der Waals surface area contributed by atoms with E-state index in [0.29, 0.717) is 18.4 Å². The van der Waals surface area contributed by atoms with Crippen LogP contribution in [0, 0.1) is 29.1 Å². The van der Waals surface area contributed by atoms with E-state index >= 15 is 0 Å². The molecule has 3 fully saturated rings. The van der Waals surface area contributed by atoms with Crippen LogP contribution >= 0.6 is 0 Å². The van der Waals surface area contributed by atoms with Gasteiger partial charge in [-0.05, 0) is 61.7 Å². The van der Waals surface area contributed by atoms with Crippen LogP contribution in [0.25, 0.3) is 0 Å². The fourth-order valence-electron chi connectivity index (χ4n) is 5.69. The third-order valence-corrected chi connectivity index (χ3v) is 7.21. The number of carbonyl (C=O) groups is 2. The summed E-state index contributed by atoms with van der Waals surface area (Å²) in [6.45, 7) is 4.63. The SMILES string of the molecule is CC1CCC(=O)N[C@@H]1CCC1CCCC2(C)C(C=O)CCC12. The molecule has 3 aliphatic rings. The van der Waals surface area contributed by atoms with Gasteiger partial charge in [-0.25, -0.2) is 0 Å². The molecule has 3 nitrogen and oxygen atoms in total. The first-order valence-corrected chi connectivity index (χ1v) is 9.29. The lowest BCUT2D eigenvalue weighted by Gasteiger charge is -2.44. The van der Waals surface area contributed by atoms with Crippen LogP contribution in [0.15, 0.2) is 0 Å². The molecule has 2 saturated carbocycles. The summed E-state index contributed by atoms with van der Waals surface area (Å²) in [5.74, 6) is 2.62. The van der Waals surface area contributed by atoms with E-state index in [1.165, 1.54) is 38.4 Å². The molecule has 0 spiro atoms. The molecule has 0 aromatic rings. The van der Waals surface area contributed by atoms with E-state index in [1.54, 1.807) is 0 Å². The first-order valence-electron chi connectivity index (χ1n) is 9.29. The Morgan fingerprint density at radius 1 is 1.23 bits per heavy atom. The van der Waals surface area contributed by atoms with Crippen molar-refractivity contribution >= 4 is 12.2 Å². The van der Waals surface area contributed by atoms with E-state index < -0.39 is 0 Å². The number of hydrogen-bond acceptors (Lipinski definition) is 2. The van der Waals surface area contributed by atoms with Gasteiger partial charge in [-0.2, -0.15) is 0 Å². The summed E-state index contributed by atoms with van der Waals surface area (Å²) in [7, 11) is 0. The van der Waals surface area contributed by atoms with Crippen LogP contribution in [0.3, 0.4) is 0 Å². The van der Waals surface area contributed by atoms with Gasteiger partial charge in [0.15, 0.2) is 0 Å². The minimum Gasteiger partial charge on any atom is -0.353 e. The third kappa shape index (κ3) is 2.83. The smallest absolute Gasteiger partial charge is 0.220 e. The van der Waals surface area contributed by atoms with Crippen molar-refractivity contribution in [2.75, 3.05) is 0 Å². The zero-order chi connectivity index (χ0) is 15.7. The van der Waals surface area contributed by atoms with E-state index in [1.807, 2.05) is 0 Å². The molecule has 22 heavy (non-hydrogen) atoms. The monoisotopic (exact) mass is 305 g/mol. The topological polar surface area (TPSA) is 46.2 Å². The maximum atomic E-state index is 11.6. The predicted molar refractivity (Wildman–Crippen MR) is 87.3 cm³/mol. The Morgan fingerprint density at radius 2 is 2.05 bits per heavy atom. The average Bonchev–Trinajstić information content (AvgIpc) is 2.85. The van der Waals surface area contributed by atoms with Crippen LogP contribution in [0.2, 0.25) is 0 Å². The molecular weight excluding hydrogens is 274 g/mol. The van der Waals surface area contributed by atoms with Crippen LogP contribution in [-0.2, 0) is 9.59 Å². The summed E-state index contributed by atoms with van der Waals surface area (Å²) in [5, 5.41) is 3.20. The van der Waals surface area contributed by atoms with E-state index in [9.17, 15) is 9.59 Å². The molecule has 1 N–H and O–H groups in total. The fourth-order valence-corrected chi connectivity index (χ4v) is 5.69. The molecule has 2 aliphatic carbocycles. The van der Waals surface area contributed by atoms with Gasteiger partial charge in [0.05, 0.1) is 0 Å². The minimum absolute atomic E-state index is 0.235. The average molecular weight is 305 g/mol. The van der Waals surface area contributed by atoms with Crippen LogP contribution < -0.4 is 5.32 Å². The highest BCUT2D eigenvalue weighted by Crippen LogP contribution is 2.57. The molecule has 3 rings (SSSR count). The Labute approximate surface area is 134 Å². The summed E-state index contributed by atoms with van der Waals surface area (Å²) in [6, 6.07) is 0.373. The van der Waals surface area contributed by atoms with Crippen LogP contribution in [0.5, 0.6) is 0 Å². The van der Waals surface area contributed by atoms with Crippen molar-refractivity contribution in [2.45, 2.75) is 77.7 Å². The molecule has 124 valence electrons. The van der Waals surface area contributed by atoms with Gasteiger partial charge in [0.2, 0.25) is 5.91 Å². The molecule has 6 atom stereocenters. The molecule has 1 amide bonds.